The number of carbonyl (C=O) groups excluding carboxylic acids is 4. The van der Waals surface area contributed by atoms with Gasteiger partial charge in [0, 0.05) is 34.0 Å². The minimum Gasteiger partial charge on any atom is -0.449 e. The summed E-state index contributed by atoms with van der Waals surface area (Å²) in [5, 5.41) is 2.59. The van der Waals surface area contributed by atoms with Gasteiger partial charge in [0.2, 0.25) is 0 Å². The fraction of sp³-hybridized carbons (Fsp3) is 0.0769. The highest BCUT2D eigenvalue weighted by Crippen LogP contribution is 2.29. The second kappa shape index (κ2) is 9.00. The lowest BCUT2D eigenvalue weighted by molar-refractivity contribution is -0.148. The van der Waals surface area contributed by atoms with Crippen LogP contribution in [-0.4, -0.2) is 29.5 Å². The topological polar surface area (TPSA) is 89.5 Å². The van der Waals surface area contributed by atoms with Crippen LogP contribution >= 0.6 is 0 Å². The Morgan fingerprint density at radius 3 is 2.15 bits per heavy atom. The molecule has 0 radical (unpaired) electrons. The molecule has 1 amide bonds. The summed E-state index contributed by atoms with van der Waals surface area (Å²) in [7, 11) is 0. The van der Waals surface area contributed by atoms with E-state index in [9.17, 15) is 23.6 Å². The zero-order valence-corrected chi connectivity index (χ0v) is 17.5. The number of hydrogen-bond acceptors (Lipinski definition) is 5. The predicted molar refractivity (Wildman–Crippen MR) is 119 cm³/mol. The second-order valence-corrected chi connectivity index (χ2v) is 7.42. The van der Waals surface area contributed by atoms with Crippen molar-refractivity contribution >= 4 is 35.2 Å². The van der Waals surface area contributed by atoms with Gasteiger partial charge in [-0.15, -0.1) is 0 Å². The van der Waals surface area contributed by atoms with Gasteiger partial charge in [-0.2, -0.15) is 0 Å². The van der Waals surface area contributed by atoms with E-state index in [1.807, 2.05) is 0 Å². The van der Waals surface area contributed by atoms with Crippen molar-refractivity contribution in [3.05, 3.63) is 106 Å². The molecule has 7 heteroatoms. The first kappa shape index (κ1) is 21.8. The van der Waals surface area contributed by atoms with E-state index in [2.05, 4.69) is 5.32 Å². The lowest BCUT2D eigenvalue weighted by atomic mass is 9.84. The van der Waals surface area contributed by atoms with Crippen LogP contribution in [0, 0.1) is 5.82 Å². The van der Waals surface area contributed by atoms with E-state index in [0.29, 0.717) is 22.4 Å². The molecule has 0 aliphatic heterocycles. The van der Waals surface area contributed by atoms with Crippen molar-refractivity contribution in [2.45, 2.75) is 13.0 Å². The molecule has 0 saturated heterocycles. The van der Waals surface area contributed by atoms with Gasteiger partial charge in [-0.1, -0.05) is 36.4 Å². The second-order valence-electron chi connectivity index (χ2n) is 7.42. The van der Waals surface area contributed by atoms with Gasteiger partial charge in [0.15, 0.2) is 17.7 Å². The van der Waals surface area contributed by atoms with Gasteiger partial charge in [-0.3, -0.25) is 14.4 Å². The first-order chi connectivity index (χ1) is 15.8. The number of amides is 1. The van der Waals surface area contributed by atoms with Gasteiger partial charge in [0.1, 0.15) is 5.82 Å². The highest BCUT2D eigenvalue weighted by atomic mass is 19.1. The summed E-state index contributed by atoms with van der Waals surface area (Å²) < 4.78 is 18.0. The molecule has 3 aromatic rings. The molecule has 0 bridgehead atoms. The third-order valence-electron chi connectivity index (χ3n) is 5.14. The van der Waals surface area contributed by atoms with Crippen LogP contribution in [0.2, 0.25) is 0 Å². The monoisotopic (exact) mass is 443 g/mol. The van der Waals surface area contributed by atoms with E-state index in [-0.39, 0.29) is 22.7 Å². The van der Waals surface area contributed by atoms with Crippen molar-refractivity contribution in [1.82, 2.24) is 0 Å². The quantitative estimate of drug-likeness (QED) is 0.369. The Labute approximate surface area is 188 Å². The van der Waals surface area contributed by atoms with Crippen molar-refractivity contribution in [2.24, 2.45) is 0 Å². The average molecular weight is 443 g/mol. The summed E-state index contributed by atoms with van der Waals surface area (Å²) in [5.41, 5.74) is 2.02. The number of benzene rings is 3. The molecule has 6 nitrogen and oxygen atoms in total. The molecule has 0 aromatic heterocycles. The Bertz CT molecular complexity index is 1310. The zero-order valence-electron chi connectivity index (χ0n) is 17.5. The summed E-state index contributed by atoms with van der Waals surface area (Å²) >= 11 is 0. The molecule has 33 heavy (non-hydrogen) atoms. The zero-order chi connectivity index (χ0) is 23.5. The number of esters is 1. The Kier molecular flexibility index (Phi) is 5.95. The number of halogens is 1. The number of ketones is 2. The van der Waals surface area contributed by atoms with Crippen LogP contribution in [0.1, 0.15) is 44.3 Å². The van der Waals surface area contributed by atoms with Crippen LogP contribution in [0.5, 0.6) is 0 Å². The van der Waals surface area contributed by atoms with E-state index in [4.69, 9.17) is 4.74 Å². The van der Waals surface area contributed by atoms with Crippen molar-refractivity contribution in [2.75, 3.05) is 5.32 Å². The average Bonchev–Trinajstić information content (AvgIpc) is 2.82. The van der Waals surface area contributed by atoms with Crippen LogP contribution in [0.3, 0.4) is 0 Å². The maximum atomic E-state index is 12.9. The number of carbonyl (C=O) groups is 4. The van der Waals surface area contributed by atoms with Crippen molar-refractivity contribution in [1.29, 1.82) is 0 Å². The fourth-order valence-corrected chi connectivity index (χ4v) is 3.43. The number of ether oxygens (including phenoxy) is 1. The van der Waals surface area contributed by atoms with Gasteiger partial charge in [0.05, 0.1) is 0 Å². The minimum atomic E-state index is -1.12. The largest absolute Gasteiger partial charge is 0.449 e. The van der Waals surface area contributed by atoms with Gasteiger partial charge >= 0.3 is 5.97 Å². The molecule has 1 aliphatic carbocycles. The van der Waals surface area contributed by atoms with Gasteiger partial charge < -0.3 is 10.1 Å². The van der Waals surface area contributed by atoms with E-state index < -0.39 is 23.8 Å². The lowest BCUT2D eigenvalue weighted by Crippen LogP contribution is -2.29. The van der Waals surface area contributed by atoms with Crippen LogP contribution in [0.4, 0.5) is 10.1 Å². The number of hydrogen-bond donors (Lipinski definition) is 1. The number of rotatable bonds is 5. The van der Waals surface area contributed by atoms with E-state index in [1.54, 1.807) is 24.3 Å². The molecule has 0 fully saturated rings. The first-order valence-corrected chi connectivity index (χ1v) is 10.1. The molecule has 3 aromatic carbocycles. The standard InChI is InChI=1S/C26H18FNO5/c1-15(33-23(29)13-8-16-6-9-17(27)10-7-16)26(32)28-18-11-12-21-22(14-18)25(31)20-5-3-2-4-19(20)24(21)30/h2-15H,1H3,(H,28,32)/b13-8+. The highest BCUT2D eigenvalue weighted by Gasteiger charge is 2.29. The summed E-state index contributed by atoms with van der Waals surface area (Å²) in [6.07, 6.45) is 1.46. The maximum absolute atomic E-state index is 12.9. The van der Waals surface area contributed by atoms with Crippen molar-refractivity contribution in [3.63, 3.8) is 0 Å². The third-order valence-corrected chi connectivity index (χ3v) is 5.14. The molecule has 164 valence electrons. The Balaban J connectivity index is 1.42. The molecule has 1 unspecified atom stereocenters. The molecular weight excluding hydrogens is 425 g/mol. The lowest BCUT2D eigenvalue weighted by Gasteiger charge is -2.18. The Hall–Kier alpha value is -4.39. The van der Waals surface area contributed by atoms with Gasteiger partial charge in [-0.25, -0.2) is 9.18 Å². The molecular formula is C26H18FNO5. The minimum absolute atomic E-state index is 0.198. The van der Waals surface area contributed by atoms with Gasteiger partial charge in [0.25, 0.3) is 5.91 Å². The van der Waals surface area contributed by atoms with Gasteiger partial charge in [-0.05, 0) is 48.9 Å². The smallest absolute Gasteiger partial charge is 0.331 e. The molecule has 1 aliphatic rings. The number of anilines is 1. The van der Waals surface area contributed by atoms with Crippen LogP contribution in [0.15, 0.2) is 72.8 Å². The SMILES string of the molecule is CC(OC(=O)/C=C/c1ccc(F)cc1)C(=O)Nc1ccc2c(c1)C(=O)c1ccccc1C2=O. The summed E-state index contributed by atoms with van der Waals surface area (Å²) in [4.78, 5) is 49.9. The summed E-state index contributed by atoms with van der Waals surface area (Å²) in [6.45, 7) is 1.41. The first-order valence-electron chi connectivity index (χ1n) is 10.1. The fourth-order valence-electron chi connectivity index (χ4n) is 3.43. The summed E-state index contributed by atoms with van der Waals surface area (Å²) in [5.74, 6) is -2.30. The van der Waals surface area contributed by atoms with Crippen molar-refractivity contribution in [3.8, 4) is 0 Å². The highest BCUT2D eigenvalue weighted by molar-refractivity contribution is 6.28. The molecule has 4 rings (SSSR count). The predicted octanol–water partition coefficient (Wildman–Crippen LogP) is 4.18. The van der Waals surface area contributed by atoms with Crippen LogP contribution < -0.4 is 5.32 Å². The molecule has 1 N–H and O–H groups in total. The summed E-state index contributed by atoms with van der Waals surface area (Å²) in [6, 6.07) is 16.5. The van der Waals surface area contributed by atoms with E-state index in [0.717, 1.165) is 6.08 Å². The maximum Gasteiger partial charge on any atom is 0.331 e. The molecule has 0 saturated carbocycles. The van der Waals surface area contributed by atoms with E-state index >= 15 is 0 Å². The van der Waals surface area contributed by atoms with E-state index in [1.165, 1.54) is 55.5 Å². The number of fused-ring (bicyclic) bond motifs is 2. The third kappa shape index (κ3) is 4.62. The molecule has 0 spiro atoms. The molecule has 1 atom stereocenters. The Morgan fingerprint density at radius 2 is 1.48 bits per heavy atom. The Morgan fingerprint density at radius 1 is 0.879 bits per heavy atom. The normalized spacial score (nSPS) is 13.3. The van der Waals surface area contributed by atoms with Crippen molar-refractivity contribution < 1.29 is 28.3 Å². The van der Waals surface area contributed by atoms with Crippen LogP contribution in [-0.2, 0) is 14.3 Å². The molecule has 0 heterocycles. The number of nitrogens with one attached hydrogen (secondary N) is 1. The van der Waals surface area contributed by atoms with Crippen LogP contribution in [0.25, 0.3) is 6.08 Å².